The average Bonchev–Trinajstić information content (AvgIpc) is 3.44. The average molecular weight is 311 g/mol. The molecule has 0 amide bonds. The number of nitrogens with one attached hydrogen (secondary N) is 1. The first kappa shape index (κ1) is 14.3. The van der Waals surface area contributed by atoms with Gasteiger partial charge in [0.05, 0.1) is 11.8 Å². The predicted octanol–water partition coefficient (Wildman–Crippen LogP) is 3.20. The van der Waals surface area contributed by atoms with E-state index in [0.717, 1.165) is 29.0 Å². The topological polar surface area (TPSA) is 63.0 Å². The zero-order valence-corrected chi connectivity index (χ0v) is 13.0. The first-order valence-corrected chi connectivity index (χ1v) is 7.89. The Morgan fingerprint density at radius 2 is 1.62 bits per heavy atom. The highest BCUT2D eigenvalue weighted by Crippen LogP contribution is 2.46. The molecule has 2 unspecified atom stereocenters. The summed E-state index contributed by atoms with van der Waals surface area (Å²) in [6, 6.07) is 22.1. The summed E-state index contributed by atoms with van der Waals surface area (Å²) in [5.74, 6) is 2.95. The molecule has 2 aromatic carbocycles. The molecule has 0 aromatic heterocycles. The molecule has 0 saturated heterocycles. The zero-order chi connectivity index (χ0) is 16.5. The van der Waals surface area contributed by atoms with Crippen LogP contribution in [0.5, 0.6) is 0 Å². The number of nitrogens with zero attached hydrogens (tertiary/aromatic N) is 3. The molecule has 1 N–H and O–H groups in total. The molecule has 2 atom stereocenters. The minimum Gasteiger partial charge on any atom is -0.252 e. The smallest absolute Gasteiger partial charge is 0.252 e. The van der Waals surface area contributed by atoms with Crippen molar-refractivity contribution >= 4 is 17.3 Å². The van der Waals surface area contributed by atoms with Gasteiger partial charge in [-0.1, -0.05) is 48.5 Å². The van der Waals surface area contributed by atoms with E-state index in [4.69, 9.17) is 10.5 Å². The molecule has 0 spiro atoms. The summed E-state index contributed by atoms with van der Waals surface area (Å²) in [7, 11) is 0. The third kappa shape index (κ3) is 2.28. The van der Waals surface area contributed by atoms with Crippen LogP contribution in [0.25, 0.3) is 0 Å². The van der Waals surface area contributed by atoms with E-state index in [1.165, 1.54) is 0 Å². The van der Waals surface area contributed by atoms with Crippen molar-refractivity contribution in [3.8, 4) is 6.07 Å². The van der Waals surface area contributed by atoms with Crippen molar-refractivity contribution in [1.82, 2.24) is 0 Å². The number of hydrogen-bond donors (Lipinski definition) is 1. The lowest BCUT2D eigenvalue weighted by Crippen LogP contribution is -2.27. The van der Waals surface area contributed by atoms with Crippen LogP contribution >= 0.6 is 0 Å². The van der Waals surface area contributed by atoms with Crippen LogP contribution in [0, 0.1) is 28.6 Å². The lowest BCUT2D eigenvalue weighted by Gasteiger charge is -2.11. The van der Waals surface area contributed by atoms with Gasteiger partial charge in [-0.2, -0.15) is 5.26 Å². The van der Waals surface area contributed by atoms with Gasteiger partial charge in [0.1, 0.15) is 5.71 Å². The van der Waals surface area contributed by atoms with Crippen molar-refractivity contribution in [1.29, 1.82) is 10.7 Å². The third-order valence-electron chi connectivity index (χ3n) is 4.50. The highest BCUT2D eigenvalue weighted by molar-refractivity contribution is 6.12. The Kier molecular flexibility index (Phi) is 3.42. The van der Waals surface area contributed by atoms with Gasteiger partial charge >= 0.3 is 5.70 Å². The Hall–Kier alpha value is -3.28. The quantitative estimate of drug-likeness (QED) is 0.528. The monoisotopic (exact) mass is 311 g/mol. The third-order valence-corrected chi connectivity index (χ3v) is 4.50. The van der Waals surface area contributed by atoms with E-state index >= 15 is 0 Å². The maximum atomic E-state index is 9.41. The molecule has 114 valence electrons. The molecule has 24 heavy (non-hydrogen) atoms. The van der Waals surface area contributed by atoms with Gasteiger partial charge in [-0.15, -0.1) is 0 Å². The van der Waals surface area contributed by atoms with E-state index in [0.29, 0.717) is 11.8 Å². The molecule has 4 rings (SSSR count). The number of hydrogen-bond acceptors (Lipinski definition) is 3. The van der Waals surface area contributed by atoms with Gasteiger partial charge in [-0.25, -0.2) is 0 Å². The first-order valence-electron chi connectivity index (χ1n) is 7.89. The van der Waals surface area contributed by atoms with Crippen molar-refractivity contribution in [3.63, 3.8) is 0 Å². The predicted molar refractivity (Wildman–Crippen MR) is 92.2 cm³/mol. The maximum absolute atomic E-state index is 9.41. The van der Waals surface area contributed by atoms with Crippen LogP contribution in [0.15, 0.2) is 71.5 Å². The standard InChI is InChI=1S/C20H15N4/c21-12-16(13-22)24-20(15-9-5-2-6-10-15)18-11-17(18)19(23-24)14-7-3-1-4-8-14/h1-10,17-18,21H,11H2/q+1. The van der Waals surface area contributed by atoms with Gasteiger partial charge in [0.15, 0.2) is 6.07 Å². The van der Waals surface area contributed by atoms with Gasteiger partial charge in [0, 0.05) is 22.1 Å². The number of allylic oxidation sites excluding steroid dienone is 1. The number of fused-ring (bicyclic) bond motifs is 1. The number of nitriles is 1. The Morgan fingerprint density at radius 3 is 2.21 bits per heavy atom. The van der Waals surface area contributed by atoms with E-state index < -0.39 is 0 Å². The lowest BCUT2D eigenvalue weighted by molar-refractivity contribution is -0.476. The molecule has 1 aliphatic heterocycles. The van der Waals surface area contributed by atoms with Crippen molar-refractivity contribution in [2.24, 2.45) is 16.9 Å². The molecule has 2 aliphatic rings. The Morgan fingerprint density at radius 1 is 1.00 bits per heavy atom. The first-order chi connectivity index (χ1) is 11.8. The van der Waals surface area contributed by atoms with Crippen molar-refractivity contribution in [2.45, 2.75) is 6.42 Å². The fourth-order valence-electron chi connectivity index (χ4n) is 3.32. The largest absolute Gasteiger partial charge is 0.376 e. The second kappa shape index (κ2) is 5.73. The van der Waals surface area contributed by atoms with Crippen LogP contribution < -0.4 is 0 Å². The minimum atomic E-state index is 0.118. The molecule has 1 aliphatic carbocycles. The van der Waals surface area contributed by atoms with Crippen LogP contribution in [-0.2, 0) is 0 Å². The highest BCUT2D eigenvalue weighted by atomic mass is 15.4. The summed E-state index contributed by atoms with van der Waals surface area (Å²) in [5, 5.41) is 21.6. The van der Waals surface area contributed by atoms with Crippen molar-refractivity contribution in [3.05, 3.63) is 77.5 Å². The van der Waals surface area contributed by atoms with Crippen molar-refractivity contribution < 1.29 is 4.68 Å². The Bertz CT molecular complexity index is 942. The SMILES string of the molecule is N#CC(=C=N)[N+]1=C(c2ccccc2)C2CC2C(c2ccccc2)=N1. The van der Waals surface area contributed by atoms with E-state index in [1.54, 1.807) is 4.68 Å². The molecule has 4 heteroatoms. The Balaban J connectivity index is 1.94. The number of benzene rings is 2. The zero-order valence-electron chi connectivity index (χ0n) is 13.0. The van der Waals surface area contributed by atoms with Gasteiger partial charge in [-0.3, -0.25) is 5.41 Å². The summed E-state index contributed by atoms with van der Waals surface area (Å²) < 4.78 is 1.61. The summed E-state index contributed by atoms with van der Waals surface area (Å²) >= 11 is 0. The summed E-state index contributed by atoms with van der Waals surface area (Å²) in [5.41, 5.74) is 4.22. The highest BCUT2D eigenvalue weighted by Gasteiger charge is 2.54. The van der Waals surface area contributed by atoms with Gasteiger partial charge in [-0.05, 0) is 23.2 Å². The fraction of sp³-hybridized carbons (Fsp3) is 0.150. The number of rotatable bonds is 3. The van der Waals surface area contributed by atoms with Crippen LogP contribution in [0.4, 0.5) is 0 Å². The van der Waals surface area contributed by atoms with Crippen molar-refractivity contribution in [2.75, 3.05) is 0 Å². The van der Waals surface area contributed by atoms with E-state index in [9.17, 15) is 5.26 Å². The van der Waals surface area contributed by atoms with E-state index in [-0.39, 0.29) is 5.70 Å². The minimum absolute atomic E-state index is 0.118. The van der Waals surface area contributed by atoms with Crippen LogP contribution in [0.1, 0.15) is 17.5 Å². The van der Waals surface area contributed by atoms with Gasteiger partial charge in [0.25, 0.3) is 0 Å². The summed E-state index contributed by atoms with van der Waals surface area (Å²) in [4.78, 5) is 0. The molecular weight excluding hydrogens is 296 g/mol. The molecule has 1 heterocycles. The van der Waals surface area contributed by atoms with Crippen LogP contribution in [0.2, 0.25) is 0 Å². The second-order valence-electron chi connectivity index (χ2n) is 5.95. The van der Waals surface area contributed by atoms with E-state index in [2.05, 4.69) is 5.87 Å². The molecule has 0 bridgehead atoms. The molecule has 2 aromatic rings. The second-order valence-corrected chi connectivity index (χ2v) is 5.95. The van der Waals surface area contributed by atoms with Crippen LogP contribution in [0.3, 0.4) is 0 Å². The molecular formula is C20H15N4+. The fourth-order valence-corrected chi connectivity index (χ4v) is 3.32. The Labute approximate surface area is 140 Å². The molecule has 1 saturated carbocycles. The lowest BCUT2D eigenvalue weighted by atomic mass is 9.98. The maximum Gasteiger partial charge on any atom is 0.376 e. The summed E-state index contributed by atoms with van der Waals surface area (Å²) in [6.45, 7) is 0. The molecule has 1 fully saturated rings. The summed E-state index contributed by atoms with van der Waals surface area (Å²) in [6.07, 6.45) is 1.02. The van der Waals surface area contributed by atoms with Gasteiger partial charge < -0.3 is 0 Å². The van der Waals surface area contributed by atoms with Gasteiger partial charge in [0.2, 0.25) is 5.71 Å². The molecule has 4 nitrogen and oxygen atoms in total. The van der Waals surface area contributed by atoms with Crippen LogP contribution in [-0.4, -0.2) is 22.0 Å². The normalized spacial score (nSPS) is 21.2. The number of hydrazone groups is 1. The van der Waals surface area contributed by atoms with E-state index in [1.807, 2.05) is 66.7 Å². The molecule has 0 radical (unpaired) electrons.